The zero-order valence-corrected chi connectivity index (χ0v) is 27.1. The molecular formula is C37H34F3N5O2S. The molecular weight excluding hydrogens is 636 g/mol. The number of aromatic nitrogens is 3. The molecule has 1 aromatic heterocycles. The van der Waals surface area contributed by atoms with Crippen LogP contribution in [-0.4, -0.2) is 67.8 Å². The number of alkyl halides is 3. The predicted molar refractivity (Wildman–Crippen MR) is 181 cm³/mol. The number of piperazine rings is 1. The molecule has 48 heavy (non-hydrogen) atoms. The number of amides is 2. The summed E-state index contributed by atoms with van der Waals surface area (Å²) in [6.07, 6.45) is -3.65. The molecule has 0 spiro atoms. The lowest BCUT2D eigenvalue weighted by atomic mass is 10.0. The summed E-state index contributed by atoms with van der Waals surface area (Å²) in [6.45, 7) is 3.30. The Labute approximate surface area is 281 Å². The monoisotopic (exact) mass is 669 g/mol. The Morgan fingerprint density at radius 3 is 2.15 bits per heavy atom. The van der Waals surface area contributed by atoms with Crippen molar-refractivity contribution in [3.8, 4) is 28.2 Å². The number of hydrogen-bond donors (Lipinski definition) is 0. The summed E-state index contributed by atoms with van der Waals surface area (Å²) in [5, 5.41) is 9.07. The van der Waals surface area contributed by atoms with Gasteiger partial charge in [-0.05, 0) is 54.8 Å². The molecule has 4 aromatic carbocycles. The van der Waals surface area contributed by atoms with Crippen molar-refractivity contribution in [3.63, 3.8) is 0 Å². The second kappa shape index (κ2) is 14.5. The number of thioether (sulfide) groups is 1. The van der Waals surface area contributed by atoms with Crippen molar-refractivity contribution >= 4 is 23.6 Å². The molecule has 1 saturated heterocycles. The van der Waals surface area contributed by atoms with Crippen LogP contribution in [0.15, 0.2) is 114 Å². The first-order valence-corrected chi connectivity index (χ1v) is 16.7. The van der Waals surface area contributed by atoms with Gasteiger partial charge in [0.05, 0.1) is 11.3 Å². The average molecular weight is 670 g/mol. The molecule has 1 fully saturated rings. The maximum atomic E-state index is 13.5. The summed E-state index contributed by atoms with van der Waals surface area (Å²) in [6, 6.07) is 31.7. The lowest BCUT2D eigenvalue weighted by Gasteiger charge is -2.40. The number of rotatable bonds is 9. The minimum absolute atomic E-state index is 0.00563. The third kappa shape index (κ3) is 7.46. The Balaban J connectivity index is 1.05. The quantitative estimate of drug-likeness (QED) is 0.118. The lowest BCUT2D eigenvalue weighted by molar-refractivity contribution is -0.137. The molecule has 0 N–H and O–H groups in total. The van der Waals surface area contributed by atoms with Crippen molar-refractivity contribution in [3.05, 3.63) is 120 Å². The van der Waals surface area contributed by atoms with Crippen molar-refractivity contribution in [1.82, 2.24) is 24.6 Å². The highest BCUT2D eigenvalue weighted by Gasteiger charge is 2.32. The van der Waals surface area contributed by atoms with Gasteiger partial charge in [-0.2, -0.15) is 13.2 Å². The molecule has 0 saturated carbocycles. The Kier molecular flexibility index (Phi) is 9.95. The van der Waals surface area contributed by atoms with Crippen molar-refractivity contribution in [1.29, 1.82) is 0 Å². The highest BCUT2D eigenvalue weighted by Crippen LogP contribution is 2.33. The van der Waals surface area contributed by atoms with E-state index in [0.717, 1.165) is 28.8 Å². The summed E-state index contributed by atoms with van der Waals surface area (Å²) in [4.78, 5) is 30.1. The maximum absolute atomic E-state index is 13.5. The Morgan fingerprint density at radius 1 is 0.812 bits per heavy atom. The van der Waals surface area contributed by atoms with Crippen LogP contribution in [0.2, 0.25) is 0 Å². The Bertz CT molecular complexity index is 1860. The van der Waals surface area contributed by atoms with E-state index in [1.165, 1.54) is 17.8 Å². The first-order valence-electron chi connectivity index (χ1n) is 15.7. The standard InChI is InChI=1S/C37H34F3N5O2S/c1-26-25-43(21-22-44(26)35(47)30-19-17-28(18-20-30)27-10-4-2-5-11-27)33(46)16-9-23-48-36-42-41-34(29-12-6-3-7-13-29)45(36)32-15-8-14-31(24-32)37(38,39)40/h2-8,10-15,17-20,24,26H,9,16,21-23,25H2,1H3. The van der Waals surface area contributed by atoms with Gasteiger partial charge >= 0.3 is 6.18 Å². The lowest BCUT2D eigenvalue weighted by Crippen LogP contribution is -2.55. The molecule has 11 heteroatoms. The molecule has 6 rings (SSSR count). The molecule has 2 heterocycles. The van der Waals surface area contributed by atoms with E-state index in [4.69, 9.17) is 0 Å². The highest BCUT2D eigenvalue weighted by molar-refractivity contribution is 7.99. The van der Waals surface area contributed by atoms with Gasteiger partial charge < -0.3 is 9.80 Å². The van der Waals surface area contributed by atoms with Crippen LogP contribution in [0.1, 0.15) is 35.7 Å². The molecule has 246 valence electrons. The van der Waals surface area contributed by atoms with Crippen molar-refractivity contribution in [2.24, 2.45) is 0 Å². The van der Waals surface area contributed by atoms with Gasteiger partial charge in [0.15, 0.2) is 11.0 Å². The number of carbonyl (C=O) groups is 2. The van der Waals surface area contributed by atoms with Crippen molar-refractivity contribution in [2.45, 2.75) is 37.1 Å². The smallest absolute Gasteiger partial charge is 0.339 e. The zero-order valence-electron chi connectivity index (χ0n) is 26.3. The number of halogens is 3. The molecule has 2 amide bonds. The van der Waals surface area contributed by atoms with Crippen molar-refractivity contribution < 1.29 is 22.8 Å². The van der Waals surface area contributed by atoms with E-state index in [9.17, 15) is 22.8 Å². The molecule has 5 aromatic rings. The second-order valence-corrected chi connectivity index (χ2v) is 12.7. The van der Waals surface area contributed by atoms with Gasteiger partial charge in [-0.1, -0.05) is 90.6 Å². The van der Waals surface area contributed by atoms with Gasteiger partial charge in [-0.15, -0.1) is 10.2 Å². The van der Waals surface area contributed by atoms with Gasteiger partial charge in [0, 0.05) is 49.0 Å². The summed E-state index contributed by atoms with van der Waals surface area (Å²) >= 11 is 1.35. The van der Waals surface area contributed by atoms with E-state index in [0.29, 0.717) is 60.5 Å². The minimum atomic E-state index is -4.49. The molecule has 0 aliphatic carbocycles. The largest absolute Gasteiger partial charge is 0.416 e. The third-order valence-electron chi connectivity index (χ3n) is 8.34. The fourth-order valence-corrected chi connectivity index (χ4v) is 6.71. The molecule has 0 radical (unpaired) electrons. The van der Waals surface area contributed by atoms with Gasteiger partial charge in [-0.3, -0.25) is 14.2 Å². The fraction of sp³-hybridized carbons (Fsp3) is 0.243. The Morgan fingerprint density at radius 2 is 1.48 bits per heavy atom. The zero-order chi connectivity index (χ0) is 33.7. The second-order valence-electron chi connectivity index (χ2n) is 11.6. The van der Waals surface area contributed by atoms with Crippen LogP contribution in [0.25, 0.3) is 28.2 Å². The summed E-state index contributed by atoms with van der Waals surface area (Å²) < 4.78 is 42.2. The minimum Gasteiger partial charge on any atom is -0.339 e. The molecule has 1 unspecified atom stereocenters. The van der Waals surface area contributed by atoms with E-state index in [2.05, 4.69) is 10.2 Å². The summed E-state index contributed by atoms with van der Waals surface area (Å²) in [5.41, 5.74) is 3.02. The van der Waals surface area contributed by atoms with Gasteiger partial charge in [0.25, 0.3) is 5.91 Å². The highest BCUT2D eigenvalue weighted by atomic mass is 32.2. The van der Waals surface area contributed by atoms with Crippen LogP contribution in [0.3, 0.4) is 0 Å². The van der Waals surface area contributed by atoms with Gasteiger partial charge in [0.2, 0.25) is 5.91 Å². The topological polar surface area (TPSA) is 71.3 Å². The Hall–Kier alpha value is -4.90. The third-order valence-corrected chi connectivity index (χ3v) is 9.36. The molecule has 1 aliphatic rings. The average Bonchev–Trinajstić information content (AvgIpc) is 3.54. The van der Waals surface area contributed by atoms with Crippen LogP contribution in [-0.2, 0) is 11.0 Å². The van der Waals surface area contributed by atoms with Crippen LogP contribution in [0.5, 0.6) is 0 Å². The predicted octanol–water partition coefficient (Wildman–Crippen LogP) is 7.87. The first-order chi connectivity index (χ1) is 23.2. The van der Waals surface area contributed by atoms with Crippen LogP contribution < -0.4 is 0 Å². The van der Waals surface area contributed by atoms with Crippen LogP contribution >= 0.6 is 11.8 Å². The van der Waals surface area contributed by atoms with E-state index in [1.54, 1.807) is 15.5 Å². The van der Waals surface area contributed by atoms with Crippen molar-refractivity contribution in [2.75, 3.05) is 25.4 Å². The molecule has 7 nitrogen and oxygen atoms in total. The number of hydrogen-bond acceptors (Lipinski definition) is 5. The van der Waals surface area contributed by atoms with E-state index < -0.39 is 11.7 Å². The summed E-state index contributed by atoms with van der Waals surface area (Å²) in [7, 11) is 0. The fourth-order valence-electron chi connectivity index (χ4n) is 5.82. The molecule has 1 aliphatic heterocycles. The molecule has 0 bridgehead atoms. The summed E-state index contributed by atoms with van der Waals surface area (Å²) in [5.74, 6) is 0.906. The van der Waals surface area contributed by atoms with Crippen LogP contribution in [0, 0.1) is 0 Å². The van der Waals surface area contributed by atoms with Crippen LogP contribution in [0.4, 0.5) is 13.2 Å². The number of nitrogens with zero attached hydrogens (tertiary/aromatic N) is 5. The van der Waals surface area contributed by atoms with E-state index in [1.807, 2.05) is 96.8 Å². The normalized spacial score (nSPS) is 15.0. The van der Waals surface area contributed by atoms with E-state index in [-0.39, 0.29) is 17.9 Å². The van der Waals surface area contributed by atoms with Gasteiger partial charge in [-0.25, -0.2) is 0 Å². The molecule has 1 atom stereocenters. The van der Waals surface area contributed by atoms with Gasteiger partial charge in [0.1, 0.15) is 0 Å². The number of carbonyl (C=O) groups excluding carboxylic acids is 2. The van der Waals surface area contributed by atoms with E-state index >= 15 is 0 Å². The SMILES string of the molecule is CC1CN(C(=O)CCCSc2nnc(-c3ccccc3)n2-c2cccc(C(F)(F)F)c2)CCN1C(=O)c1ccc(-c2ccccc2)cc1. The number of benzene rings is 4. The first kappa shape index (κ1) is 33.0. The maximum Gasteiger partial charge on any atom is 0.416 e.